The van der Waals surface area contributed by atoms with Crippen LogP contribution in [0.5, 0.6) is 0 Å². The Labute approximate surface area is 193 Å². The number of nitrogens with one attached hydrogen (secondary N) is 2. The molecule has 0 aliphatic heterocycles. The van der Waals surface area contributed by atoms with E-state index in [9.17, 15) is 9.59 Å². The summed E-state index contributed by atoms with van der Waals surface area (Å²) < 4.78 is 2.82. The molecular formula is C22H22BrN5O2S. The molecule has 0 aliphatic carbocycles. The molecule has 9 heteroatoms. The second kappa shape index (κ2) is 10.9. The maximum Gasteiger partial charge on any atom is 0.251 e. The first kappa shape index (κ1) is 22.8. The molecule has 2 N–H and O–H groups in total. The minimum Gasteiger partial charge on any atom is -0.345 e. The van der Waals surface area contributed by atoms with Gasteiger partial charge in [0.25, 0.3) is 5.91 Å². The predicted molar refractivity (Wildman–Crippen MR) is 126 cm³/mol. The molecule has 31 heavy (non-hydrogen) atoms. The number of amides is 2. The van der Waals surface area contributed by atoms with Gasteiger partial charge in [0.1, 0.15) is 0 Å². The van der Waals surface area contributed by atoms with Gasteiger partial charge in [-0.1, -0.05) is 52.0 Å². The number of rotatable bonds is 9. The van der Waals surface area contributed by atoms with Crippen LogP contribution in [-0.4, -0.2) is 32.3 Å². The van der Waals surface area contributed by atoms with E-state index in [2.05, 4.69) is 43.3 Å². The van der Waals surface area contributed by atoms with Gasteiger partial charge in [-0.05, 0) is 42.8 Å². The van der Waals surface area contributed by atoms with Crippen molar-refractivity contribution in [2.45, 2.75) is 25.2 Å². The van der Waals surface area contributed by atoms with Crippen LogP contribution in [0.4, 0.5) is 5.69 Å². The van der Waals surface area contributed by atoms with E-state index < -0.39 is 0 Å². The molecule has 0 fully saturated rings. The number of carbonyl (C=O) groups excluding carboxylic acids is 2. The molecule has 160 valence electrons. The first-order chi connectivity index (χ1) is 15.0. The average molecular weight is 500 g/mol. The first-order valence-corrected chi connectivity index (χ1v) is 11.3. The van der Waals surface area contributed by atoms with E-state index in [1.165, 1.54) is 11.8 Å². The Morgan fingerprint density at radius 1 is 1.19 bits per heavy atom. The Hall–Kier alpha value is -2.91. The molecule has 1 heterocycles. The fraction of sp³-hybridized carbons (Fsp3) is 0.182. The highest BCUT2D eigenvalue weighted by Crippen LogP contribution is 2.21. The van der Waals surface area contributed by atoms with Crippen molar-refractivity contribution in [1.82, 2.24) is 20.1 Å². The van der Waals surface area contributed by atoms with Crippen molar-refractivity contribution in [2.24, 2.45) is 0 Å². The number of benzene rings is 2. The van der Waals surface area contributed by atoms with Gasteiger partial charge in [0.05, 0.1) is 12.3 Å². The van der Waals surface area contributed by atoms with Crippen LogP contribution in [0, 0.1) is 6.92 Å². The molecule has 0 spiro atoms. The second-order valence-corrected chi connectivity index (χ2v) is 8.44. The lowest BCUT2D eigenvalue weighted by Gasteiger charge is -2.09. The van der Waals surface area contributed by atoms with Crippen LogP contribution < -0.4 is 10.6 Å². The third kappa shape index (κ3) is 6.28. The van der Waals surface area contributed by atoms with Gasteiger partial charge in [-0.3, -0.25) is 9.59 Å². The van der Waals surface area contributed by atoms with Crippen molar-refractivity contribution in [1.29, 1.82) is 0 Å². The monoisotopic (exact) mass is 499 g/mol. The molecule has 2 amide bonds. The number of hydrogen-bond acceptors (Lipinski definition) is 5. The lowest BCUT2D eigenvalue weighted by molar-refractivity contribution is -0.113. The van der Waals surface area contributed by atoms with Crippen LogP contribution in [-0.2, 0) is 17.9 Å². The molecule has 0 radical (unpaired) electrons. The smallest absolute Gasteiger partial charge is 0.251 e. The molecule has 3 rings (SSSR count). The molecule has 0 bridgehead atoms. The Morgan fingerprint density at radius 2 is 1.97 bits per heavy atom. The third-order valence-corrected chi connectivity index (χ3v) is 6.18. The van der Waals surface area contributed by atoms with Gasteiger partial charge in [0.15, 0.2) is 11.0 Å². The molecule has 1 aromatic heterocycles. The Balaban J connectivity index is 1.60. The summed E-state index contributed by atoms with van der Waals surface area (Å²) in [5.41, 5.74) is 2.35. The van der Waals surface area contributed by atoms with Crippen LogP contribution in [0.3, 0.4) is 0 Å². The summed E-state index contributed by atoms with van der Waals surface area (Å²) in [6, 6.07) is 14.6. The summed E-state index contributed by atoms with van der Waals surface area (Å²) in [6.07, 6.45) is 1.72. The van der Waals surface area contributed by atoms with E-state index in [1.54, 1.807) is 18.2 Å². The highest BCUT2D eigenvalue weighted by Gasteiger charge is 2.15. The Bertz CT molecular complexity index is 1080. The number of thioether (sulfide) groups is 1. The number of anilines is 1. The van der Waals surface area contributed by atoms with E-state index in [1.807, 2.05) is 47.9 Å². The van der Waals surface area contributed by atoms with Crippen LogP contribution in [0.25, 0.3) is 0 Å². The minimum atomic E-state index is -0.188. The van der Waals surface area contributed by atoms with Crippen molar-refractivity contribution in [3.05, 3.63) is 82.6 Å². The van der Waals surface area contributed by atoms with Gasteiger partial charge < -0.3 is 15.2 Å². The Kier molecular flexibility index (Phi) is 8.02. The largest absolute Gasteiger partial charge is 0.345 e. The van der Waals surface area contributed by atoms with Crippen molar-refractivity contribution >= 4 is 45.2 Å². The highest BCUT2D eigenvalue weighted by molar-refractivity contribution is 9.10. The SMILES string of the molecule is C=CCn1c(CNC(=O)c2ccccc2)nnc1SCC(=O)Nc1ccc(Br)c(C)c1. The number of aryl methyl sites for hydroxylation is 1. The average Bonchev–Trinajstić information content (AvgIpc) is 3.15. The summed E-state index contributed by atoms with van der Waals surface area (Å²) in [7, 11) is 0. The third-order valence-electron chi connectivity index (χ3n) is 4.32. The summed E-state index contributed by atoms with van der Waals surface area (Å²) in [5, 5.41) is 14.7. The molecule has 7 nitrogen and oxygen atoms in total. The lowest BCUT2D eigenvalue weighted by Crippen LogP contribution is -2.24. The summed E-state index contributed by atoms with van der Waals surface area (Å²) in [4.78, 5) is 24.6. The van der Waals surface area contributed by atoms with Crippen molar-refractivity contribution < 1.29 is 9.59 Å². The fourth-order valence-electron chi connectivity index (χ4n) is 2.77. The number of carbonyl (C=O) groups is 2. The first-order valence-electron chi connectivity index (χ1n) is 9.53. The van der Waals surface area contributed by atoms with E-state index in [-0.39, 0.29) is 24.1 Å². The summed E-state index contributed by atoms with van der Waals surface area (Å²) in [6.45, 7) is 6.43. The molecule has 0 saturated carbocycles. The van der Waals surface area contributed by atoms with Crippen molar-refractivity contribution in [2.75, 3.05) is 11.1 Å². The zero-order valence-electron chi connectivity index (χ0n) is 17.0. The van der Waals surface area contributed by atoms with E-state index >= 15 is 0 Å². The topological polar surface area (TPSA) is 88.9 Å². The normalized spacial score (nSPS) is 10.5. The maximum atomic E-state index is 12.4. The van der Waals surface area contributed by atoms with Crippen LogP contribution in [0.1, 0.15) is 21.7 Å². The van der Waals surface area contributed by atoms with Gasteiger partial charge in [-0.25, -0.2) is 0 Å². The highest BCUT2D eigenvalue weighted by atomic mass is 79.9. The molecular weight excluding hydrogens is 478 g/mol. The van der Waals surface area contributed by atoms with Crippen molar-refractivity contribution in [3.63, 3.8) is 0 Å². The van der Waals surface area contributed by atoms with Gasteiger partial charge in [0.2, 0.25) is 5.91 Å². The quantitative estimate of drug-likeness (QED) is 0.340. The fourth-order valence-corrected chi connectivity index (χ4v) is 3.78. The van der Waals surface area contributed by atoms with Crippen molar-refractivity contribution in [3.8, 4) is 0 Å². The van der Waals surface area contributed by atoms with E-state index in [0.717, 1.165) is 15.7 Å². The van der Waals surface area contributed by atoms with Gasteiger partial charge in [0, 0.05) is 22.3 Å². The zero-order valence-corrected chi connectivity index (χ0v) is 19.4. The van der Waals surface area contributed by atoms with Crippen LogP contribution in [0.15, 0.2) is 70.8 Å². The summed E-state index contributed by atoms with van der Waals surface area (Å²) in [5.74, 6) is 0.447. The predicted octanol–water partition coefficient (Wildman–Crippen LogP) is 4.20. The number of halogens is 1. The zero-order chi connectivity index (χ0) is 22.2. The van der Waals surface area contributed by atoms with E-state index in [0.29, 0.717) is 23.1 Å². The van der Waals surface area contributed by atoms with Gasteiger partial charge in [-0.15, -0.1) is 16.8 Å². The standard InChI is InChI=1S/C22H22BrN5O2S/c1-3-11-28-19(13-24-21(30)16-7-5-4-6-8-16)26-27-22(28)31-14-20(29)25-17-9-10-18(23)15(2)12-17/h3-10,12H,1,11,13-14H2,2H3,(H,24,30)(H,25,29). The van der Waals surface area contributed by atoms with E-state index in [4.69, 9.17) is 0 Å². The number of allylic oxidation sites excluding steroid dienone is 1. The number of aromatic nitrogens is 3. The number of hydrogen-bond donors (Lipinski definition) is 2. The maximum absolute atomic E-state index is 12.4. The Morgan fingerprint density at radius 3 is 2.68 bits per heavy atom. The molecule has 3 aromatic rings. The molecule has 0 unspecified atom stereocenters. The molecule has 0 atom stereocenters. The molecule has 0 aliphatic rings. The van der Waals surface area contributed by atoms with Gasteiger partial charge in [-0.2, -0.15) is 0 Å². The van der Waals surface area contributed by atoms with Crippen LogP contribution >= 0.6 is 27.7 Å². The summed E-state index contributed by atoms with van der Waals surface area (Å²) >= 11 is 4.73. The van der Waals surface area contributed by atoms with Gasteiger partial charge >= 0.3 is 0 Å². The second-order valence-electron chi connectivity index (χ2n) is 6.65. The number of nitrogens with zero attached hydrogens (tertiary/aromatic N) is 3. The molecule has 0 saturated heterocycles. The lowest BCUT2D eigenvalue weighted by atomic mass is 10.2. The van der Waals surface area contributed by atoms with Crippen LogP contribution in [0.2, 0.25) is 0 Å². The molecule has 2 aromatic carbocycles. The minimum absolute atomic E-state index is 0.140.